The third-order valence-corrected chi connectivity index (χ3v) is 5.83. The largest absolute Gasteiger partial charge is 0.348 e. The average Bonchev–Trinajstić information content (AvgIpc) is 3.38. The van der Waals surface area contributed by atoms with Gasteiger partial charge in [-0.2, -0.15) is 5.10 Å². The summed E-state index contributed by atoms with van der Waals surface area (Å²) in [5.74, 6) is -0.636. The van der Waals surface area contributed by atoms with Crippen LogP contribution < -0.4 is 10.2 Å². The Bertz CT molecular complexity index is 1240. The fourth-order valence-corrected chi connectivity index (χ4v) is 4.25. The third kappa shape index (κ3) is 4.46. The number of rotatable bonds is 6. The van der Waals surface area contributed by atoms with E-state index in [2.05, 4.69) is 15.4 Å². The first-order valence-corrected chi connectivity index (χ1v) is 10.4. The van der Waals surface area contributed by atoms with Crippen LogP contribution >= 0.6 is 11.3 Å². The molecule has 0 unspecified atom stereocenters. The van der Waals surface area contributed by atoms with Gasteiger partial charge in [0.25, 0.3) is 0 Å². The maximum atomic E-state index is 13.3. The molecule has 0 fully saturated rings. The van der Waals surface area contributed by atoms with E-state index < -0.39 is 0 Å². The van der Waals surface area contributed by atoms with Gasteiger partial charge >= 0.3 is 4.87 Å². The van der Waals surface area contributed by atoms with Gasteiger partial charge < -0.3 is 5.32 Å². The molecule has 7 nitrogen and oxygen atoms in total. The Morgan fingerprint density at radius 2 is 1.87 bits per heavy atom. The number of hydrogen-bond donors (Lipinski definition) is 1. The molecule has 158 valence electrons. The summed E-state index contributed by atoms with van der Waals surface area (Å²) in [6, 6.07) is 13.3. The Morgan fingerprint density at radius 3 is 2.52 bits per heavy atom. The molecule has 2 aromatic carbocycles. The van der Waals surface area contributed by atoms with Crippen LogP contribution in [0, 0.1) is 12.7 Å². The van der Waals surface area contributed by atoms with Gasteiger partial charge in [-0.25, -0.2) is 14.1 Å². The average molecular weight is 438 g/mol. The quantitative estimate of drug-likeness (QED) is 0.501. The zero-order valence-electron chi connectivity index (χ0n) is 16.9. The van der Waals surface area contributed by atoms with Crippen molar-refractivity contribution >= 4 is 17.2 Å². The van der Waals surface area contributed by atoms with E-state index in [1.807, 2.05) is 38.1 Å². The van der Waals surface area contributed by atoms with Gasteiger partial charge in [0.05, 0.1) is 17.4 Å². The van der Waals surface area contributed by atoms with Gasteiger partial charge in [0.1, 0.15) is 25.0 Å². The van der Waals surface area contributed by atoms with Gasteiger partial charge in [0, 0.05) is 4.88 Å². The Hall–Kier alpha value is -3.59. The highest BCUT2D eigenvalue weighted by atomic mass is 32.1. The van der Waals surface area contributed by atoms with Crippen LogP contribution in [-0.2, 0) is 11.3 Å². The Labute approximate surface area is 181 Å². The van der Waals surface area contributed by atoms with Gasteiger partial charge in [0.2, 0.25) is 5.91 Å². The van der Waals surface area contributed by atoms with Crippen molar-refractivity contribution < 1.29 is 9.18 Å². The molecule has 1 N–H and O–H groups in total. The molecular weight excluding hydrogens is 417 g/mol. The number of hydrogen-bond acceptors (Lipinski definition) is 5. The smallest absolute Gasteiger partial charge is 0.308 e. The topological polar surface area (TPSA) is 81.8 Å². The van der Waals surface area contributed by atoms with Crippen molar-refractivity contribution in [3.8, 4) is 16.9 Å². The molecule has 0 bridgehead atoms. The zero-order chi connectivity index (χ0) is 22.0. The lowest BCUT2D eigenvalue weighted by Crippen LogP contribution is -2.32. The van der Waals surface area contributed by atoms with Crippen LogP contribution in [0.2, 0.25) is 0 Å². The normalized spacial score (nSPS) is 12.0. The molecule has 1 amide bonds. The van der Waals surface area contributed by atoms with Crippen LogP contribution in [0.1, 0.15) is 23.4 Å². The molecule has 9 heteroatoms. The van der Waals surface area contributed by atoms with Gasteiger partial charge in [-0.1, -0.05) is 23.5 Å². The molecule has 0 spiro atoms. The number of aromatic nitrogens is 4. The number of amides is 1. The third-order valence-electron chi connectivity index (χ3n) is 4.94. The van der Waals surface area contributed by atoms with Crippen LogP contribution in [0.4, 0.5) is 4.39 Å². The minimum absolute atomic E-state index is 0.114. The number of benzene rings is 2. The summed E-state index contributed by atoms with van der Waals surface area (Å²) < 4.78 is 16.4. The molecular formula is C22H20FN5O2S. The summed E-state index contributed by atoms with van der Waals surface area (Å²) in [5, 5.41) is 7.02. The molecule has 0 radical (unpaired) electrons. The minimum atomic E-state index is -0.355. The van der Waals surface area contributed by atoms with Crippen molar-refractivity contribution in [2.24, 2.45) is 0 Å². The number of carbonyl (C=O) groups excluding carboxylic acids is 1. The number of thiazole rings is 1. The fraction of sp³-hybridized carbons (Fsp3) is 0.182. The van der Waals surface area contributed by atoms with Gasteiger partial charge in [-0.05, 0) is 61.4 Å². The second-order valence-electron chi connectivity index (χ2n) is 7.09. The van der Waals surface area contributed by atoms with Crippen LogP contribution in [-0.4, -0.2) is 25.2 Å². The van der Waals surface area contributed by atoms with Gasteiger partial charge in [0.15, 0.2) is 0 Å². The van der Waals surface area contributed by atoms with Crippen LogP contribution in [0.5, 0.6) is 0 Å². The van der Waals surface area contributed by atoms with Crippen molar-refractivity contribution in [1.29, 1.82) is 0 Å². The van der Waals surface area contributed by atoms with E-state index in [0.29, 0.717) is 11.3 Å². The van der Waals surface area contributed by atoms with E-state index in [1.165, 1.54) is 23.0 Å². The molecule has 0 aliphatic carbocycles. The molecule has 31 heavy (non-hydrogen) atoms. The summed E-state index contributed by atoms with van der Waals surface area (Å²) in [7, 11) is 0. The Kier molecular flexibility index (Phi) is 5.77. The maximum Gasteiger partial charge on any atom is 0.308 e. The van der Waals surface area contributed by atoms with Crippen LogP contribution in [0.15, 0.2) is 66.0 Å². The monoisotopic (exact) mass is 437 g/mol. The minimum Gasteiger partial charge on any atom is -0.348 e. The summed E-state index contributed by atoms with van der Waals surface area (Å²) in [4.78, 5) is 29.6. The van der Waals surface area contributed by atoms with Crippen molar-refractivity contribution in [2.75, 3.05) is 0 Å². The summed E-state index contributed by atoms with van der Waals surface area (Å²) in [6.45, 7) is 3.58. The Morgan fingerprint density at radius 1 is 1.16 bits per heavy atom. The van der Waals surface area contributed by atoms with Crippen LogP contribution in [0.25, 0.3) is 16.9 Å². The predicted molar refractivity (Wildman–Crippen MR) is 117 cm³/mol. The van der Waals surface area contributed by atoms with Crippen molar-refractivity contribution in [2.45, 2.75) is 26.4 Å². The van der Waals surface area contributed by atoms with E-state index in [-0.39, 0.29) is 29.2 Å². The highest BCUT2D eigenvalue weighted by Gasteiger charge is 2.18. The first-order chi connectivity index (χ1) is 14.9. The Balaban J connectivity index is 1.49. The van der Waals surface area contributed by atoms with E-state index in [4.69, 9.17) is 0 Å². The van der Waals surface area contributed by atoms with Gasteiger partial charge in [-0.3, -0.25) is 14.2 Å². The zero-order valence-corrected chi connectivity index (χ0v) is 17.8. The molecule has 2 aromatic heterocycles. The summed E-state index contributed by atoms with van der Waals surface area (Å²) in [6.07, 6.45) is 3.07. The first kappa shape index (κ1) is 20.7. The second-order valence-corrected chi connectivity index (χ2v) is 8.25. The van der Waals surface area contributed by atoms with E-state index in [0.717, 1.165) is 27.5 Å². The standard InChI is InChI=1S/C22H20FN5O2S/c1-14(16-5-9-19(10-6-16)28-13-24-12-25-28)26-20(29)11-27-21(15(2)31-22(27)30)17-3-7-18(23)8-4-17/h3-10,12-14H,11H2,1-2H3,(H,26,29)/t14-/m1/s1. The number of aryl methyl sites for hydroxylation is 1. The maximum absolute atomic E-state index is 13.3. The molecule has 0 saturated heterocycles. The second kappa shape index (κ2) is 8.65. The number of halogens is 1. The summed E-state index contributed by atoms with van der Waals surface area (Å²) in [5.41, 5.74) is 3.12. The molecule has 4 rings (SSSR count). The summed E-state index contributed by atoms with van der Waals surface area (Å²) >= 11 is 1.07. The number of nitrogens with zero attached hydrogens (tertiary/aromatic N) is 4. The SMILES string of the molecule is Cc1sc(=O)n(CC(=O)N[C@H](C)c2ccc(-n3cncn3)cc2)c1-c1ccc(F)cc1. The van der Waals surface area contributed by atoms with Crippen molar-refractivity contribution in [3.05, 3.63) is 87.1 Å². The lowest BCUT2D eigenvalue weighted by atomic mass is 10.1. The molecule has 1 atom stereocenters. The molecule has 0 aliphatic rings. The number of carbonyl (C=O) groups is 1. The number of nitrogens with one attached hydrogen (secondary N) is 1. The predicted octanol–water partition coefficient (Wildman–Crippen LogP) is 3.48. The van der Waals surface area contributed by atoms with E-state index in [9.17, 15) is 14.0 Å². The van der Waals surface area contributed by atoms with Crippen LogP contribution in [0.3, 0.4) is 0 Å². The van der Waals surface area contributed by atoms with E-state index in [1.54, 1.807) is 23.1 Å². The van der Waals surface area contributed by atoms with Gasteiger partial charge in [-0.15, -0.1) is 0 Å². The van der Waals surface area contributed by atoms with E-state index >= 15 is 0 Å². The fourth-order valence-electron chi connectivity index (χ4n) is 3.40. The molecule has 2 heterocycles. The highest BCUT2D eigenvalue weighted by molar-refractivity contribution is 7.09. The molecule has 0 aliphatic heterocycles. The molecule has 0 saturated carbocycles. The molecule has 4 aromatic rings. The highest BCUT2D eigenvalue weighted by Crippen LogP contribution is 2.25. The lowest BCUT2D eigenvalue weighted by molar-refractivity contribution is -0.122. The van der Waals surface area contributed by atoms with Crippen molar-refractivity contribution in [3.63, 3.8) is 0 Å². The van der Waals surface area contributed by atoms with Crippen molar-refractivity contribution in [1.82, 2.24) is 24.6 Å². The first-order valence-electron chi connectivity index (χ1n) is 9.63. The lowest BCUT2D eigenvalue weighted by Gasteiger charge is -2.16.